The normalized spacial score (nSPS) is 22.2. The molecule has 0 aliphatic heterocycles. The quantitative estimate of drug-likeness (QED) is 0.874. The molecule has 0 unspecified atom stereocenters. The zero-order chi connectivity index (χ0) is 13.1. The number of rotatable bonds is 4. The number of aliphatic hydroxyl groups excluding tert-OH is 1. The van der Waals surface area contributed by atoms with E-state index >= 15 is 0 Å². The highest BCUT2D eigenvalue weighted by Gasteiger charge is 2.28. The first kappa shape index (κ1) is 13.2. The van der Waals surface area contributed by atoms with Crippen molar-refractivity contribution >= 4 is 17.5 Å². The van der Waals surface area contributed by atoms with Crippen molar-refractivity contribution in [1.82, 2.24) is 5.32 Å². The van der Waals surface area contributed by atoms with Crippen LogP contribution in [0.4, 0.5) is 0 Å². The van der Waals surface area contributed by atoms with E-state index in [1.165, 1.54) is 0 Å². The maximum absolute atomic E-state index is 11.6. The van der Waals surface area contributed by atoms with Crippen molar-refractivity contribution in [1.29, 1.82) is 0 Å². The van der Waals surface area contributed by atoms with E-state index in [1.807, 2.05) is 6.92 Å². The molecule has 1 saturated carbocycles. The molecule has 0 spiro atoms. The summed E-state index contributed by atoms with van der Waals surface area (Å²) in [4.78, 5) is 11.6. The fraction of sp³-hybridized carbons (Fsp3) is 0.462. The molecule has 0 aromatic heterocycles. The zero-order valence-electron chi connectivity index (χ0n) is 10.1. The van der Waals surface area contributed by atoms with Crippen LogP contribution in [0.15, 0.2) is 18.2 Å². The van der Waals surface area contributed by atoms with Gasteiger partial charge in [0.1, 0.15) is 5.75 Å². The number of hydrogen-bond acceptors (Lipinski definition) is 3. The Kier molecular flexibility index (Phi) is 4.09. The van der Waals surface area contributed by atoms with Crippen molar-refractivity contribution in [2.24, 2.45) is 0 Å². The smallest absolute Gasteiger partial charge is 0.258 e. The molecule has 0 saturated heterocycles. The molecular weight excluding hydrogens is 254 g/mol. The third-order valence-corrected chi connectivity index (χ3v) is 3.21. The second-order valence-electron chi connectivity index (χ2n) is 4.59. The van der Waals surface area contributed by atoms with Crippen molar-refractivity contribution in [3.8, 4) is 5.75 Å². The Hall–Kier alpha value is -1.26. The topological polar surface area (TPSA) is 58.6 Å². The van der Waals surface area contributed by atoms with Gasteiger partial charge in [0, 0.05) is 11.1 Å². The maximum Gasteiger partial charge on any atom is 0.258 e. The summed E-state index contributed by atoms with van der Waals surface area (Å²) in [5.74, 6) is 0.490. The van der Waals surface area contributed by atoms with Gasteiger partial charge < -0.3 is 15.2 Å². The molecule has 1 amide bonds. The van der Waals surface area contributed by atoms with E-state index in [0.29, 0.717) is 23.6 Å². The molecule has 1 fully saturated rings. The SMILES string of the molecule is Cc1cc(Cl)ccc1OCC(=O)NC1CC(O)C1. The summed E-state index contributed by atoms with van der Waals surface area (Å²) in [6.45, 7) is 1.86. The van der Waals surface area contributed by atoms with Crippen LogP contribution in [0, 0.1) is 6.92 Å². The van der Waals surface area contributed by atoms with Gasteiger partial charge in [-0.2, -0.15) is 0 Å². The molecule has 5 heteroatoms. The molecule has 18 heavy (non-hydrogen) atoms. The molecule has 1 aliphatic rings. The summed E-state index contributed by atoms with van der Waals surface area (Å²) in [7, 11) is 0. The largest absolute Gasteiger partial charge is 0.484 e. The second-order valence-corrected chi connectivity index (χ2v) is 5.02. The number of hydrogen-bond donors (Lipinski definition) is 2. The summed E-state index contributed by atoms with van der Waals surface area (Å²) in [5.41, 5.74) is 0.898. The van der Waals surface area contributed by atoms with Gasteiger partial charge in [0.2, 0.25) is 0 Å². The van der Waals surface area contributed by atoms with Crippen molar-refractivity contribution in [3.05, 3.63) is 28.8 Å². The van der Waals surface area contributed by atoms with Crippen LogP contribution < -0.4 is 10.1 Å². The molecule has 0 radical (unpaired) electrons. The Balaban J connectivity index is 1.78. The van der Waals surface area contributed by atoms with Gasteiger partial charge in [-0.15, -0.1) is 0 Å². The minimum absolute atomic E-state index is 0.0188. The Bertz CT molecular complexity index is 444. The summed E-state index contributed by atoms with van der Waals surface area (Å²) in [6, 6.07) is 5.35. The molecule has 4 nitrogen and oxygen atoms in total. The lowest BCUT2D eigenvalue weighted by atomic mass is 9.89. The molecule has 98 valence electrons. The number of aryl methyl sites for hydroxylation is 1. The number of benzene rings is 1. The van der Waals surface area contributed by atoms with Gasteiger partial charge in [-0.3, -0.25) is 4.79 Å². The zero-order valence-corrected chi connectivity index (χ0v) is 10.9. The van der Waals surface area contributed by atoms with Crippen molar-refractivity contribution in [2.75, 3.05) is 6.61 Å². The van der Waals surface area contributed by atoms with Crippen molar-refractivity contribution < 1.29 is 14.6 Å². The Labute approximate surface area is 111 Å². The van der Waals surface area contributed by atoms with Gasteiger partial charge >= 0.3 is 0 Å². The van der Waals surface area contributed by atoms with Crippen LogP contribution in [0.25, 0.3) is 0 Å². The molecule has 1 aromatic rings. The molecule has 1 aliphatic carbocycles. The van der Waals surface area contributed by atoms with Crippen LogP contribution in [0.1, 0.15) is 18.4 Å². The molecule has 1 aromatic carbocycles. The number of carbonyl (C=O) groups is 1. The van der Waals surface area contributed by atoms with Crippen molar-refractivity contribution in [2.45, 2.75) is 31.9 Å². The molecular formula is C13H16ClNO3. The summed E-state index contributed by atoms with van der Waals surface area (Å²) < 4.78 is 5.42. The third-order valence-electron chi connectivity index (χ3n) is 2.97. The van der Waals surface area contributed by atoms with E-state index < -0.39 is 0 Å². The van der Waals surface area contributed by atoms with Crippen LogP contribution in [-0.2, 0) is 4.79 Å². The summed E-state index contributed by atoms with van der Waals surface area (Å²) >= 11 is 5.83. The second kappa shape index (κ2) is 5.59. The van der Waals surface area contributed by atoms with E-state index in [0.717, 1.165) is 5.56 Å². The number of halogens is 1. The lowest BCUT2D eigenvalue weighted by molar-refractivity contribution is -0.125. The predicted octanol–water partition coefficient (Wildman–Crippen LogP) is 1.67. The van der Waals surface area contributed by atoms with Gasteiger partial charge in [-0.25, -0.2) is 0 Å². The molecule has 2 rings (SSSR count). The molecule has 2 N–H and O–H groups in total. The summed E-state index contributed by atoms with van der Waals surface area (Å²) in [6.07, 6.45) is 0.993. The van der Waals surface area contributed by atoms with E-state index in [2.05, 4.69) is 5.32 Å². The minimum Gasteiger partial charge on any atom is -0.484 e. The minimum atomic E-state index is -0.269. The van der Waals surface area contributed by atoms with E-state index in [4.69, 9.17) is 21.4 Å². The monoisotopic (exact) mass is 269 g/mol. The van der Waals surface area contributed by atoms with E-state index in [9.17, 15) is 4.79 Å². The Morgan fingerprint density at radius 2 is 2.28 bits per heavy atom. The van der Waals surface area contributed by atoms with E-state index in [-0.39, 0.29) is 24.7 Å². The lowest BCUT2D eigenvalue weighted by Crippen LogP contribution is -2.48. The van der Waals surface area contributed by atoms with Crippen LogP contribution in [0.5, 0.6) is 5.75 Å². The highest BCUT2D eigenvalue weighted by atomic mass is 35.5. The van der Waals surface area contributed by atoms with Gasteiger partial charge in [0.05, 0.1) is 6.10 Å². The average molecular weight is 270 g/mol. The summed E-state index contributed by atoms with van der Waals surface area (Å²) in [5, 5.41) is 12.6. The van der Waals surface area contributed by atoms with Gasteiger partial charge in [0.25, 0.3) is 5.91 Å². The third kappa shape index (κ3) is 3.37. The number of nitrogens with one attached hydrogen (secondary N) is 1. The maximum atomic E-state index is 11.6. The highest BCUT2D eigenvalue weighted by molar-refractivity contribution is 6.30. The first-order valence-electron chi connectivity index (χ1n) is 5.91. The molecule has 0 bridgehead atoms. The first-order valence-corrected chi connectivity index (χ1v) is 6.29. The van der Waals surface area contributed by atoms with Crippen LogP contribution in [0.2, 0.25) is 5.02 Å². The average Bonchev–Trinajstić information content (AvgIpc) is 2.26. The van der Waals surface area contributed by atoms with Crippen LogP contribution in [-0.4, -0.2) is 29.8 Å². The van der Waals surface area contributed by atoms with Gasteiger partial charge in [-0.1, -0.05) is 11.6 Å². The van der Waals surface area contributed by atoms with Gasteiger partial charge in [0.15, 0.2) is 6.61 Å². The van der Waals surface area contributed by atoms with Crippen molar-refractivity contribution in [3.63, 3.8) is 0 Å². The predicted molar refractivity (Wildman–Crippen MR) is 68.9 cm³/mol. The van der Waals surface area contributed by atoms with Gasteiger partial charge in [-0.05, 0) is 43.5 Å². The van der Waals surface area contributed by atoms with E-state index in [1.54, 1.807) is 18.2 Å². The standard InChI is InChI=1S/C13H16ClNO3/c1-8-4-9(14)2-3-12(8)18-7-13(17)15-10-5-11(16)6-10/h2-4,10-11,16H,5-7H2,1H3,(H,15,17). The molecule has 0 heterocycles. The Morgan fingerprint density at radius 3 is 2.89 bits per heavy atom. The number of amides is 1. The molecule has 0 atom stereocenters. The van der Waals surface area contributed by atoms with Crippen LogP contribution >= 0.6 is 11.6 Å². The fourth-order valence-corrected chi connectivity index (χ4v) is 2.12. The highest BCUT2D eigenvalue weighted by Crippen LogP contribution is 2.22. The van der Waals surface area contributed by atoms with Crippen LogP contribution in [0.3, 0.4) is 0 Å². The fourth-order valence-electron chi connectivity index (χ4n) is 1.89. The lowest BCUT2D eigenvalue weighted by Gasteiger charge is -2.31. The Morgan fingerprint density at radius 1 is 1.56 bits per heavy atom. The number of ether oxygens (including phenoxy) is 1. The number of aliphatic hydroxyl groups is 1. The first-order chi connectivity index (χ1) is 8.54. The number of carbonyl (C=O) groups excluding carboxylic acids is 1.